The molecule has 2 N–H and O–H groups in total. The zero-order chi connectivity index (χ0) is 20.2. The number of hydrogen-bond acceptors (Lipinski definition) is 4. The second-order valence-electron chi connectivity index (χ2n) is 7.38. The number of rotatable bonds is 13. The van der Waals surface area contributed by atoms with Crippen molar-refractivity contribution < 1.29 is 9.59 Å². The predicted molar refractivity (Wildman–Crippen MR) is 116 cm³/mol. The first-order valence-electron chi connectivity index (χ1n) is 10.8. The summed E-state index contributed by atoms with van der Waals surface area (Å²) >= 11 is 0. The van der Waals surface area contributed by atoms with Crippen molar-refractivity contribution in [3.63, 3.8) is 0 Å². The van der Waals surface area contributed by atoms with Gasteiger partial charge in [-0.15, -0.1) is 0 Å². The van der Waals surface area contributed by atoms with E-state index in [0.717, 1.165) is 31.0 Å². The molecule has 1 saturated heterocycles. The molecule has 0 radical (unpaired) electrons. The first-order valence-corrected chi connectivity index (χ1v) is 10.8. The lowest BCUT2D eigenvalue weighted by atomic mass is 10.1. The Balaban J connectivity index is 1.55. The molecule has 6 heteroatoms. The Hall–Kier alpha value is -2.08. The van der Waals surface area contributed by atoms with Crippen molar-refractivity contribution in [1.82, 2.24) is 10.2 Å². The topological polar surface area (TPSA) is 64.7 Å². The number of carbonyl (C=O) groups excluding carboxylic acids is 2. The summed E-state index contributed by atoms with van der Waals surface area (Å²) in [7, 11) is 0. The third-order valence-corrected chi connectivity index (χ3v) is 5.36. The first-order chi connectivity index (χ1) is 13.6. The van der Waals surface area contributed by atoms with Gasteiger partial charge in [-0.05, 0) is 56.7 Å². The third kappa shape index (κ3) is 7.50. The Morgan fingerprint density at radius 3 is 2.25 bits per heavy atom. The van der Waals surface area contributed by atoms with Gasteiger partial charge in [-0.1, -0.05) is 39.5 Å². The van der Waals surface area contributed by atoms with E-state index in [1.165, 1.54) is 45.1 Å². The zero-order valence-corrected chi connectivity index (χ0v) is 17.5. The second kappa shape index (κ2) is 12.4. The Bertz CT molecular complexity index is 599. The Morgan fingerprint density at radius 2 is 1.61 bits per heavy atom. The Morgan fingerprint density at radius 1 is 0.964 bits per heavy atom. The number of nitrogens with zero attached hydrogens (tertiary/aromatic N) is 2. The summed E-state index contributed by atoms with van der Waals surface area (Å²) in [5.74, 6) is -0.205. The van der Waals surface area contributed by atoms with Crippen LogP contribution in [0.5, 0.6) is 0 Å². The summed E-state index contributed by atoms with van der Waals surface area (Å²) in [6.07, 6.45) is 8.07. The highest BCUT2D eigenvalue weighted by Crippen LogP contribution is 2.20. The lowest BCUT2D eigenvalue weighted by Gasteiger charge is -2.26. The molecule has 28 heavy (non-hydrogen) atoms. The molecule has 6 nitrogen and oxygen atoms in total. The number of urea groups is 1. The van der Waals surface area contributed by atoms with Gasteiger partial charge < -0.3 is 10.2 Å². The van der Waals surface area contributed by atoms with Crippen LogP contribution in [-0.4, -0.2) is 49.6 Å². The van der Waals surface area contributed by atoms with Crippen LogP contribution < -0.4 is 15.5 Å². The minimum atomic E-state index is -0.339. The summed E-state index contributed by atoms with van der Waals surface area (Å²) in [4.78, 5) is 27.2. The monoisotopic (exact) mass is 388 g/mol. The predicted octanol–water partition coefficient (Wildman–Crippen LogP) is 4.23. The van der Waals surface area contributed by atoms with Crippen molar-refractivity contribution in [2.24, 2.45) is 0 Å². The van der Waals surface area contributed by atoms with E-state index in [-0.39, 0.29) is 11.9 Å². The summed E-state index contributed by atoms with van der Waals surface area (Å²) in [5.41, 5.74) is 1.89. The van der Waals surface area contributed by atoms with E-state index in [0.29, 0.717) is 13.0 Å². The molecular formula is C22H36N4O2. The summed E-state index contributed by atoms with van der Waals surface area (Å²) in [6, 6.07) is 7.49. The maximum absolute atomic E-state index is 11.9. The van der Waals surface area contributed by atoms with Crippen LogP contribution in [0, 0.1) is 0 Å². The largest absolute Gasteiger partial charge is 0.385 e. The molecule has 1 heterocycles. The van der Waals surface area contributed by atoms with Crippen LogP contribution in [-0.2, 0) is 4.79 Å². The first kappa shape index (κ1) is 22.2. The SMILES string of the molecule is CCN(CC)CCCCCCCCNc1ccc(N2CCC(=O)NC2=O)cc1. The van der Waals surface area contributed by atoms with Crippen LogP contribution in [0.1, 0.15) is 58.8 Å². The number of carbonyl (C=O) groups is 2. The van der Waals surface area contributed by atoms with Crippen LogP contribution in [0.15, 0.2) is 24.3 Å². The van der Waals surface area contributed by atoms with Crippen molar-refractivity contribution in [3.8, 4) is 0 Å². The van der Waals surface area contributed by atoms with Crippen LogP contribution >= 0.6 is 0 Å². The molecule has 1 aromatic carbocycles. The summed E-state index contributed by atoms with van der Waals surface area (Å²) < 4.78 is 0. The summed E-state index contributed by atoms with van der Waals surface area (Å²) in [6.45, 7) is 9.43. The maximum Gasteiger partial charge on any atom is 0.328 e. The van der Waals surface area contributed by atoms with Crippen LogP contribution in [0.4, 0.5) is 16.2 Å². The Kier molecular flexibility index (Phi) is 9.83. The molecule has 156 valence electrons. The fraction of sp³-hybridized carbons (Fsp3) is 0.636. The van der Waals surface area contributed by atoms with E-state index in [9.17, 15) is 9.59 Å². The van der Waals surface area contributed by atoms with Gasteiger partial charge in [-0.25, -0.2) is 4.79 Å². The molecule has 0 bridgehead atoms. The van der Waals surface area contributed by atoms with Gasteiger partial charge in [0.15, 0.2) is 0 Å². The number of amides is 3. The average Bonchev–Trinajstić information content (AvgIpc) is 2.70. The van der Waals surface area contributed by atoms with Gasteiger partial charge in [-0.2, -0.15) is 0 Å². The number of anilines is 2. The van der Waals surface area contributed by atoms with Gasteiger partial charge in [0, 0.05) is 30.9 Å². The molecule has 0 aromatic heterocycles. The van der Waals surface area contributed by atoms with E-state index in [1.54, 1.807) is 4.90 Å². The van der Waals surface area contributed by atoms with Crippen LogP contribution in [0.3, 0.4) is 0 Å². The third-order valence-electron chi connectivity index (χ3n) is 5.36. The van der Waals surface area contributed by atoms with E-state index in [4.69, 9.17) is 0 Å². The maximum atomic E-state index is 11.9. The quantitative estimate of drug-likeness (QED) is 0.497. The molecule has 0 atom stereocenters. The van der Waals surface area contributed by atoms with Gasteiger partial charge in [0.2, 0.25) is 5.91 Å². The lowest BCUT2D eigenvalue weighted by Crippen LogP contribution is -2.49. The molecule has 0 aliphatic carbocycles. The normalized spacial score (nSPS) is 14.5. The van der Waals surface area contributed by atoms with Gasteiger partial charge in [0.05, 0.1) is 0 Å². The number of imide groups is 1. The number of unbranched alkanes of at least 4 members (excludes halogenated alkanes) is 5. The molecule has 2 rings (SSSR count). The van der Waals surface area contributed by atoms with Gasteiger partial charge in [-0.3, -0.25) is 15.0 Å². The number of nitrogens with one attached hydrogen (secondary N) is 2. The minimum Gasteiger partial charge on any atom is -0.385 e. The standard InChI is InChI=1S/C22H36N4O2/c1-3-25(4-2)17-10-8-6-5-7-9-16-23-19-11-13-20(14-12-19)26-18-15-21(27)24-22(26)28/h11-14,23H,3-10,15-18H2,1-2H3,(H,24,27,28). The van der Waals surface area contributed by atoms with Crippen molar-refractivity contribution in [3.05, 3.63) is 24.3 Å². The molecule has 1 aliphatic rings. The van der Waals surface area contributed by atoms with Gasteiger partial charge in [0.25, 0.3) is 0 Å². The molecule has 0 spiro atoms. The number of hydrogen-bond donors (Lipinski definition) is 2. The average molecular weight is 389 g/mol. The molecule has 0 unspecified atom stereocenters. The fourth-order valence-electron chi connectivity index (χ4n) is 3.51. The Labute approximate surface area is 169 Å². The summed E-state index contributed by atoms with van der Waals surface area (Å²) in [5, 5.41) is 5.80. The fourth-order valence-corrected chi connectivity index (χ4v) is 3.51. The second-order valence-corrected chi connectivity index (χ2v) is 7.38. The lowest BCUT2D eigenvalue weighted by molar-refractivity contribution is -0.120. The van der Waals surface area contributed by atoms with Gasteiger partial charge in [0.1, 0.15) is 0 Å². The molecule has 1 fully saturated rings. The molecule has 0 saturated carbocycles. The molecule has 1 aromatic rings. The molecular weight excluding hydrogens is 352 g/mol. The minimum absolute atomic E-state index is 0.205. The van der Waals surface area contributed by atoms with Crippen LogP contribution in [0.2, 0.25) is 0 Å². The van der Waals surface area contributed by atoms with Crippen LogP contribution in [0.25, 0.3) is 0 Å². The highest BCUT2D eigenvalue weighted by atomic mass is 16.2. The van der Waals surface area contributed by atoms with E-state index < -0.39 is 0 Å². The van der Waals surface area contributed by atoms with Crippen molar-refractivity contribution >= 4 is 23.3 Å². The van der Waals surface area contributed by atoms with Crippen molar-refractivity contribution in [2.45, 2.75) is 58.8 Å². The number of benzene rings is 1. The molecule has 1 aliphatic heterocycles. The highest BCUT2D eigenvalue weighted by molar-refractivity contribution is 6.05. The van der Waals surface area contributed by atoms with Crippen molar-refractivity contribution in [1.29, 1.82) is 0 Å². The van der Waals surface area contributed by atoms with E-state index >= 15 is 0 Å². The van der Waals surface area contributed by atoms with E-state index in [1.807, 2.05) is 24.3 Å². The van der Waals surface area contributed by atoms with E-state index in [2.05, 4.69) is 29.4 Å². The van der Waals surface area contributed by atoms with Gasteiger partial charge >= 0.3 is 6.03 Å². The smallest absolute Gasteiger partial charge is 0.328 e. The van der Waals surface area contributed by atoms with Crippen molar-refractivity contribution in [2.75, 3.05) is 42.9 Å². The zero-order valence-electron chi connectivity index (χ0n) is 17.5. The molecule has 3 amide bonds. The highest BCUT2D eigenvalue weighted by Gasteiger charge is 2.23.